The number of benzene rings is 3. The van der Waals surface area contributed by atoms with Crippen LogP contribution in [0, 0.1) is 0 Å². The Kier molecular flexibility index (Phi) is 7.10. The number of nitrogens with one attached hydrogen (secondary N) is 2. The third kappa shape index (κ3) is 5.64. The molecule has 0 bridgehead atoms. The molecule has 7 nitrogen and oxygen atoms in total. The van der Waals surface area contributed by atoms with E-state index in [9.17, 15) is 9.59 Å². The average Bonchev–Trinajstić information content (AvgIpc) is 2.77. The van der Waals surface area contributed by atoms with Crippen LogP contribution in [0.15, 0.2) is 66.7 Å². The summed E-state index contributed by atoms with van der Waals surface area (Å²) >= 11 is 0. The molecule has 0 spiro atoms. The minimum absolute atomic E-state index is 0.274. The molecule has 0 aliphatic heterocycles. The first-order valence-electron chi connectivity index (χ1n) is 9.65. The lowest BCUT2D eigenvalue weighted by Crippen LogP contribution is -2.48. The van der Waals surface area contributed by atoms with E-state index in [1.807, 2.05) is 49.4 Å². The van der Waals surface area contributed by atoms with E-state index in [1.165, 1.54) is 0 Å². The van der Waals surface area contributed by atoms with Crippen LogP contribution in [0.1, 0.15) is 13.8 Å². The summed E-state index contributed by atoms with van der Waals surface area (Å²) in [6.07, 6.45) is -0.800. The van der Waals surface area contributed by atoms with Gasteiger partial charge in [-0.3, -0.25) is 20.4 Å². The van der Waals surface area contributed by atoms with Gasteiger partial charge in [-0.1, -0.05) is 42.5 Å². The van der Waals surface area contributed by atoms with Gasteiger partial charge in [0.1, 0.15) is 5.75 Å². The van der Waals surface area contributed by atoms with Crippen molar-refractivity contribution in [2.45, 2.75) is 20.0 Å². The van der Waals surface area contributed by atoms with Crippen molar-refractivity contribution in [3.05, 3.63) is 66.7 Å². The van der Waals surface area contributed by atoms with Crippen molar-refractivity contribution in [2.24, 2.45) is 0 Å². The standard InChI is InChI=1S/C23H24N2O5/c1-3-28-20-10-6-7-11-21(20)29-15-22(26)24-25-23(27)16(2)30-19-13-12-17-8-4-5-9-18(17)14-19/h4-14,16H,3,15H2,1-2H3,(H,24,26)(H,25,27). The highest BCUT2D eigenvalue weighted by atomic mass is 16.5. The third-order valence-corrected chi connectivity index (χ3v) is 4.24. The Hall–Kier alpha value is -3.74. The van der Waals surface area contributed by atoms with E-state index >= 15 is 0 Å². The van der Waals surface area contributed by atoms with Gasteiger partial charge in [-0.2, -0.15) is 0 Å². The molecule has 156 valence electrons. The van der Waals surface area contributed by atoms with Crippen LogP contribution >= 0.6 is 0 Å². The molecule has 0 saturated carbocycles. The molecule has 3 rings (SSSR count). The first-order chi connectivity index (χ1) is 14.6. The molecule has 1 unspecified atom stereocenters. The molecule has 0 saturated heterocycles. The Bertz CT molecular complexity index is 1020. The van der Waals surface area contributed by atoms with Crippen molar-refractivity contribution in [1.82, 2.24) is 10.9 Å². The maximum Gasteiger partial charge on any atom is 0.279 e. The number of rotatable bonds is 8. The first kappa shape index (κ1) is 21.0. The number of hydrogen-bond acceptors (Lipinski definition) is 5. The van der Waals surface area contributed by atoms with Gasteiger partial charge in [-0.05, 0) is 48.9 Å². The van der Waals surface area contributed by atoms with Gasteiger partial charge in [0.15, 0.2) is 24.2 Å². The van der Waals surface area contributed by atoms with Crippen molar-refractivity contribution in [3.8, 4) is 17.2 Å². The fourth-order valence-corrected chi connectivity index (χ4v) is 2.75. The molecule has 0 heterocycles. The molecule has 30 heavy (non-hydrogen) atoms. The van der Waals surface area contributed by atoms with Gasteiger partial charge in [-0.25, -0.2) is 0 Å². The third-order valence-electron chi connectivity index (χ3n) is 4.24. The van der Waals surface area contributed by atoms with E-state index < -0.39 is 17.9 Å². The summed E-state index contributed by atoms with van der Waals surface area (Å²) in [5, 5.41) is 2.10. The van der Waals surface area contributed by atoms with E-state index in [1.54, 1.807) is 31.2 Å². The van der Waals surface area contributed by atoms with E-state index in [4.69, 9.17) is 14.2 Å². The topological polar surface area (TPSA) is 85.9 Å². The van der Waals surface area contributed by atoms with Crippen LogP contribution in [0.3, 0.4) is 0 Å². The molecule has 0 fully saturated rings. The maximum absolute atomic E-state index is 12.2. The van der Waals surface area contributed by atoms with Gasteiger partial charge in [-0.15, -0.1) is 0 Å². The number of ether oxygens (including phenoxy) is 3. The van der Waals surface area contributed by atoms with E-state index in [-0.39, 0.29) is 6.61 Å². The summed E-state index contributed by atoms with van der Waals surface area (Å²) < 4.78 is 16.6. The molecule has 7 heteroatoms. The highest BCUT2D eigenvalue weighted by Crippen LogP contribution is 2.26. The van der Waals surface area contributed by atoms with Crippen LogP contribution in [0.25, 0.3) is 10.8 Å². The van der Waals surface area contributed by atoms with Crippen LogP contribution < -0.4 is 25.1 Å². The van der Waals surface area contributed by atoms with Crippen molar-refractivity contribution in [1.29, 1.82) is 0 Å². The Labute approximate surface area is 174 Å². The fraction of sp³-hybridized carbons (Fsp3) is 0.217. The van der Waals surface area contributed by atoms with Crippen LogP contribution in [-0.2, 0) is 9.59 Å². The molecule has 0 aliphatic rings. The highest BCUT2D eigenvalue weighted by molar-refractivity contribution is 5.86. The van der Waals surface area contributed by atoms with Gasteiger partial charge >= 0.3 is 0 Å². The summed E-state index contributed by atoms with van der Waals surface area (Å²) in [7, 11) is 0. The number of carbonyl (C=O) groups excluding carboxylic acids is 2. The molecular weight excluding hydrogens is 384 g/mol. The van der Waals surface area contributed by atoms with Crippen LogP contribution in [0.5, 0.6) is 17.2 Å². The number of hydrogen-bond donors (Lipinski definition) is 2. The Morgan fingerprint density at radius 1 is 0.867 bits per heavy atom. The monoisotopic (exact) mass is 408 g/mol. The molecule has 2 amide bonds. The zero-order chi connectivity index (χ0) is 21.3. The summed E-state index contributed by atoms with van der Waals surface area (Å²) in [6.45, 7) is 3.67. The molecule has 3 aromatic carbocycles. The predicted octanol–water partition coefficient (Wildman–Crippen LogP) is 3.23. The average molecular weight is 408 g/mol. The SMILES string of the molecule is CCOc1ccccc1OCC(=O)NNC(=O)C(C)Oc1ccc2ccccc2c1. The van der Waals surface area contributed by atoms with Gasteiger partial charge in [0.05, 0.1) is 6.61 Å². The van der Waals surface area contributed by atoms with Crippen molar-refractivity contribution >= 4 is 22.6 Å². The largest absolute Gasteiger partial charge is 0.490 e. The molecule has 0 aliphatic carbocycles. The highest BCUT2D eigenvalue weighted by Gasteiger charge is 2.16. The van der Waals surface area contributed by atoms with Crippen LogP contribution in [0.4, 0.5) is 0 Å². The van der Waals surface area contributed by atoms with Gasteiger partial charge in [0.25, 0.3) is 11.8 Å². The van der Waals surface area contributed by atoms with Crippen molar-refractivity contribution < 1.29 is 23.8 Å². The number of hydrazine groups is 1. The van der Waals surface area contributed by atoms with E-state index in [0.717, 1.165) is 10.8 Å². The normalized spacial score (nSPS) is 11.4. The minimum Gasteiger partial charge on any atom is -0.490 e. The quantitative estimate of drug-likeness (QED) is 0.559. The second-order valence-corrected chi connectivity index (χ2v) is 6.47. The lowest BCUT2D eigenvalue weighted by Gasteiger charge is -2.16. The second-order valence-electron chi connectivity index (χ2n) is 6.47. The van der Waals surface area contributed by atoms with Crippen molar-refractivity contribution in [3.63, 3.8) is 0 Å². The molecule has 2 N–H and O–H groups in total. The number of para-hydroxylation sites is 2. The summed E-state index contributed by atoms with van der Waals surface area (Å²) in [5.41, 5.74) is 4.66. The summed E-state index contributed by atoms with van der Waals surface area (Å²) in [5.74, 6) is 0.584. The number of amides is 2. The molecular formula is C23H24N2O5. The zero-order valence-electron chi connectivity index (χ0n) is 16.9. The molecule has 3 aromatic rings. The maximum atomic E-state index is 12.2. The van der Waals surface area contributed by atoms with Crippen molar-refractivity contribution in [2.75, 3.05) is 13.2 Å². The van der Waals surface area contributed by atoms with Gasteiger partial charge in [0.2, 0.25) is 0 Å². The van der Waals surface area contributed by atoms with Crippen LogP contribution in [0.2, 0.25) is 0 Å². The molecule has 0 radical (unpaired) electrons. The first-order valence-corrected chi connectivity index (χ1v) is 9.65. The summed E-state index contributed by atoms with van der Waals surface area (Å²) in [6, 6.07) is 20.5. The van der Waals surface area contributed by atoms with E-state index in [0.29, 0.717) is 23.9 Å². The number of fused-ring (bicyclic) bond motifs is 1. The smallest absolute Gasteiger partial charge is 0.279 e. The minimum atomic E-state index is -0.800. The van der Waals surface area contributed by atoms with E-state index in [2.05, 4.69) is 10.9 Å². The molecule has 0 aromatic heterocycles. The Morgan fingerprint density at radius 2 is 1.53 bits per heavy atom. The Balaban J connectivity index is 1.46. The molecule has 1 atom stereocenters. The predicted molar refractivity (Wildman–Crippen MR) is 113 cm³/mol. The van der Waals surface area contributed by atoms with Crippen LogP contribution in [-0.4, -0.2) is 31.1 Å². The number of carbonyl (C=O) groups is 2. The lowest BCUT2D eigenvalue weighted by molar-refractivity contribution is -0.133. The zero-order valence-corrected chi connectivity index (χ0v) is 16.9. The summed E-state index contributed by atoms with van der Waals surface area (Å²) in [4.78, 5) is 24.2. The van der Waals surface area contributed by atoms with Gasteiger partial charge < -0.3 is 14.2 Å². The lowest BCUT2D eigenvalue weighted by atomic mass is 10.1. The van der Waals surface area contributed by atoms with Gasteiger partial charge in [0, 0.05) is 0 Å². The fourth-order valence-electron chi connectivity index (χ4n) is 2.75. The second kappa shape index (κ2) is 10.2. The Morgan fingerprint density at radius 3 is 2.27 bits per heavy atom.